The molecule has 0 aromatic rings. The van der Waals surface area contributed by atoms with Crippen molar-refractivity contribution >= 4 is 18.3 Å². The molecule has 0 aromatic carbocycles. The van der Waals surface area contributed by atoms with Crippen LogP contribution < -0.4 is 5.73 Å². The predicted molar refractivity (Wildman–Crippen MR) is 84.7 cm³/mol. The van der Waals surface area contributed by atoms with Gasteiger partial charge in [-0.2, -0.15) is 0 Å². The fraction of sp³-hybridized carbons (Fsp3) is 0.933. The molecule has 1 heterocycles. The van der Waals surface area contributed by atoms with Gasteiger partial charge in [0.2, 0.25) is 5.91 Å². The third kappa shape index (κ3) is 5.09. The van der Waals surface area contributed by atoms with Gasteiger partial charge in [0, 0.05) is 33.4 Å². The van der Waals surface area contributed by atoms with Gasteiger partial charge in [-0.25, -0.2) is 0 Å². The van der Waals surface area contributed by atoms with Crippen molar-refractivity contribution < 1.29 is 14.3 Å². The van der Waals surface area contributed by atoms with E-state index in [4.69, 9.17) is 15.2 Å². The first-order valence-electron chi connectivity index (χ1n) is 7.84. The van der Waals surface area contributed by atoms with Crippen LogP contribution in [0.1, 0.15) is 44.9 Å². The van der Waals surface area contributed by atoms with Gasteiger partial charge in [0.05, 0.1) is 11.6 Å². The summed E-state index contributed by atoms with van der Waals surface area (Å²) in [6.07, 6.45) is 6.93. The molecule has 2 rings (SSSR count). The number of rotatable bonds is 6. The van der Waals surface area contributed by atoms with Crippen LogP contribution >= 0.6 is 12.4 Å². The number of ether oxygens (including phenoxy) is 2. The van der Waals surface area contributed by atoms with Gasteiger partial charge >= 0.3 is 0 Å². The highest BCUT2D eigenvalue weighted by Gasteiger charge is 2.40. The van der Waals surface area contributed by atoms with E-state index in [0.717, 1.165) is 71.2 Å². The van der Waals surface area contributed by atoms with Crippen molar-refractivity contribution in [1.82, 2.24) is 4.90 Å². The van der Waals surface area contributed by atoms with Crippen molar-refractivity contribution in [3.63, 3.8) is 0 Å². The molecule has 2 fully saturated rings. The Bertz CT molecular complexity index is 314. The van der Waals surface area contributed by atoms with Gasteiger partial charge in [0.1, 0.15) is 0 Å². The number of nitrogens with zero attached hydrogens (tertiary/aromatic N) is 1. The molecule has 5 nitrogen and oxygen atoms in total. The Morgan fingerprint density at radius 1 is 1.24 bits per heavy atom. The Labute approximate surface area is 133 Å². The lowest BCUT2D eigenvalue weighted by Gasteiger charge is -2.36. The van der Waals surface area contributed by atoms with Gasteiger partial charge in [0.25, 0.3) is 0 Å². The maximum absolute atomic E-state index is 12.5. The van der Waals surface area contributed by atoms with Crippen molar-refractivity contribution in [2.75, 3.05) is 33.4 Å². The van der Waals surface area contributed by atoms with E-state index >= 15 is 0 Å². The number of hydrogen-bond acceptors (Lipinski definition) is 4. The lowest BCUT2D eigenvalue weighted by atomic mass is 9.95. The minimum Gasteiger partial charge on any atom is -0.385 e. The molecular weight excluding hydrogens is 292 g/mol. The first-order valence-corrected chi connectivity index (χ1v) is 7.84. The monoisotopic (exact) mass is 320 g/mol. The van der Waals surface area contributed by atoms with Crippen LogP contribution in [0.15, 0.2) is 0 Å². The summed E-state index contributed by atoms with van der Waals surface area (Å²) in [6.45, 7) is 3.06. The topological polar surface area (TPSA) is 64.8 Å². The van der Waals surface area contributed by atoms with Crippen LogP contribution in [0.25, 0.3) is 0 Å². The second-order valence-corrected chi connectivity index (χ2v) is 6.07. The fourth-order valence-electron chi connectivity index (χ4n) is 3.21. The highest BCUT2D eigenvalue weighted by atomic mass is 35.5. The number of methoxy groups -OCH3 is 1. The number of nitrogens with two attached hydrogens (primary N) is 1. The molecule has 1 aliphatic heterocycles. The standard InChI is InChI=1S/C15H28N2O3.ClH/c1-19-11-4-12-20-13-5-9-17(10-6-13)14(18)15(16)7-2-3-8-15;/h13H,2-12,16H2,1H3;1H. The Balaban J connectivity index is 0.00000220. The first kappa shape index (κ1) is 18.7. The molecule has 0 atom stereocenters. The molecule has 0 unspecified atom stereocenters. The average Bonchev–Trinajstić information content (AvgIpc) is 2.92. The number of likely N-dealkylation sites (tertiary alicyclic amines) is 1. The zero-order chi connectivity index (χ0) is 14.4. The number of piperidine rings is 1. The van der Waals surface area contributed by atoms with Gasteiger partial charge in [0.15, 0.2) is 0 Å². The predicted octanol–water partition coefficient (Wildman–Crippen LogP) is 1.72. The van der Waals surface area contributed by atoms with E-state index in [1.165, 1.54) is 0 Å². The molecule has 124 valence electrons. The van der Waals surface area contributed by atoms with E-state index in [0.29, 0.717) is 0 Å². The van der Waals surface area contributed by atoms with Gasteiger partial charge in [-0.3, -0.25) is 4.79 Å². The normalized spacial score (nSPS) is 22.1. The number of carbonyl (C=O) groups excluding carboxylic acids is 1. The van der Waals surface area contributed by atoms with Gasteiger partial charge < -0.3 is 20.1 Å². The van der Waals surface area contributed by atoms with Crippen molar-refractivity contribution in [2.45, 2.75) is 56.6 Å². The van der Waals surface area contributed by atoms with E-state index in [-0.39, 0.29) is 24.4 Å². The summed E-state index contributed by atoms with van der Waals surface area (Å²) in [5.74, 6) is 0.160. The molecule has 0 aromatic heterocycles. The Morgan fingerprint density at radius 2 is 1.86 bits per heavy atom. The third-order valence-corrected chi connectivity index (χ3v) is 4.50. The summed E-state index contributed by atoms with van der Waals surface area (Å²) in [5.41, 5.74) is 5.67. The zero-order valence-electron chi connectivity index (χ0n) is 13.0. The molecule has 2 aliphatic rings. The zero-order valence-corrected chi connectivity index (χ0v) is 13.8. The molecular formula is C15H29ClN2O3. The van der Waals surface area contributed by atoms with E-state index < -0.39 is 5.54 Å². The third-order valence-electron chi connectivity index (χ3n) is 4.50. The number of carbonyl (C=O) groups is 1. The number of amides is 1. The van der Waals surface area contributed by atoms with Crippen molar-refractivity contribution in [1.29, 1.82) is 0 Å². The van der Waals surface area contributed by atoms with Gasteiger partial charge in [-0.15, -0.1) is 12.4 Å². The largest absolute Gasteiger partial charge is 0.385 e. The van der Waals surface area contributed by atoms with Gasteiger partial charge in [-0.05, 0) is 32.1 Å². The van der Waals surface area contributed by atoms with E-state index in [9.17, 15) is 4.79 Å². The maximum Gasteiger partial charge on any atom is 0.242 e. The quantitative estimate of drug-likeness (QED) is 0.757. The molecule has 0 bridgehead atoms. The van der Waals surface area contributed by atoms with Crippen molar-refractivity contribution in [2.24, 2.45) is 5.73 Å². The SMILES string of the molecule is COCCCOC1CCN(C(=O)C2(N)CCCC2)CC1.Cl. The van der Waals surface area contributed by atoms with E-state index in [1.54, 1.807) is 7.11 Å². The molecule has 1 amide bonds. The van der Waals surface area contributed by atoms with Crippen LogP contribution in [0, 0.1) is 0 Å². The summed E-state index contributed by atoms with van der Waals surface area (Å²) in [6, 6.07) is 0. The van der Waals surface area contributed by atoms with Crippen LogP contribution in [0.2, 0.25) is 0 Å². The van der Waals surface area contributed by atoms with Crippen molar-refractivity contribution in [3.8, 4) is 0 Å². The maximum atomic E-state index is 12.5. The Morgan fingerprint density at radius 3 is 2.43 bits per heavy atom. The molecule has 21 heavy (non-hydrogen) atoms. The van der Waals surface area contributed by atoms with Gasteiger partial charge in [-0.1, -0.05) is 12.8 Å². The first-order chi connectivity index (χ1) is 9.65. The van der Waals surface area contributed by atoms with E-state index in [1.807, 2.05) is 4.90 Å². The summed E-state index contributed by atoms with van der Waals surface area (Å²) < 4.78 is 10.8. The molecule has 0 spiro atoms. The summed E-state index contributed by atoms with van der Waals surface area (Å²) in [7, 11) is 1.70. The second-order valence-electron chi connectivity index (χ2n) is 6.07. The summed E-state index contributed by atoms with van der Waals surface area (Å²) in [4.78, 5) is 14.4. The second kappa shape index (κ2) is 8.93. The minimum atomic E-state index is -0.577. The average molecular weight is 321 g/mol. The van der Waals surface area contributed by atoms with Crippen LogP contribution in [-0.2, 0) is 14.3 Å². The summed E-state index contributed by atoms with van der Waals surface area (Å²) >= 11 is 0. The molecule has 6 heteroatoms. The van der Waals surface area contributed by atoms with Crippen LogP contribution in [-0.4, -0.2) is 55.9 Å². The van der Waals surface area contributed by atoms with Crippen LogP contribution in [0.4, 0.5) is 0 Å². The molecule has 0 radical (unpaired) electrons. The molecule has 1 saturated carbocycles. The van der Waals surface area contributed by atoms with E-state index in [2.05, 4.69) is 0 Å². The number of halogens is 1. The van der Waals surface area contributed by atoms with Crippen molar-refractivity contribution in [3.05, 3.63) is 0 Å². The van der Waals surface area contributed by atoms with Crippen LogP contribution in [0.3, 0.4) is 0 Å². The highest BCUT2D eigenvalue weighted by Crippen LogP contribution is 2.30. The molecule has 1 aliphatic carbocycles. The van der Waals surface area contributed by atoms with Crippen LogP contribution in [0.5, 0.6) is 0 Å². The molecule has 2 N–H and O–H groups in total. The lowest BCUT2D eigenvalue weighted by molar-refractivity contribution is -0.139. The molecule has 1 saturated heterocycles. The smallest absolute Gasteiger partial charge is 0.242 e. The lowest BCUT2D eigenvalue weighted by Crippen LogP contribution is -2.55. The summed E-state index contributed by atoms with van der Waals surface area (Å²) in [5, 5.41) is 0. The highest BCUT2D eigenvalue weighted by molar-refractivity contribution is 5.86. The Hall–Kier alpha value is -0.360. The Kier molecular flexibility index (Phi) is 7.95. The number of hydrogen-bond donors (Lipinski definition) is 1. The fourth-order valence-corrected chi connectivity index (χ4v) is 3.21. The minimum absolute atomic E-state index is 0.